The van der Waals surface area contributed by atoms with E-state index >= 15 is 0 Å². The molecular weight excluding hydrogens is 316 g/mol. The molecule has 0 atom stereocenters. The summed E-state index contributed by atoms with van der Waals surface area (Å²) in [6.45, 7) is 1.50. The third kappa shape index (κ3) is 3.86. The van der Waals surface area contributed by atoms with E-state index in [4.69, 9.17) is 5.73 Å². The molecule has 0 bridgehead atoms. The van der Waals surface area contributed by atoms with Crippen LogP contribution in [0.15, 0.2) is 5.16 Å². The molecule has 11 heteroatoms. The molecule has 0 aliphatic carbocycles. The summed E-state index contributed by atoms with van der Waals surface area (Å²) < 4.78 is 25.8. The SMILES string of the molecule is Cn1c(N)nnc1SCC(=O)N1CCN(S(C)(=O)=O)CC1. The van der Waals surface area contributed by atoms with Crippen molar-refractivity contribution in [2.45, 2.75) is 5.16 Å². The second kappa shape index (κ2) is 6.20. The Hall–Kier alpha value is -1.33. The highest BCUT2D eigenvalue weighted by atomic mass is 32.2. The Kier molecular flexibility index (Phi) is 4.74. The highest BCUT2D eigenvalue weighted by Gasteiger charge is 2.26. The van der Waals surface area contributed by atoms with E-state index in [0.717, 1.165) is 0 Å². The Morgan fingerprint density at radius 3 is 2.38 bits per heavy atom. The maximum atomic E-state index is 12.1. The summed E-state index contributed by atoms with van der Waals surface area (Å²) in [5.41, 5.74) is 5.56. The number of thioether (sulfide) groups is 1. The number of carbonyl (C=O) groups excluding carboxylic acids is 1. The molecule has 1 saturated heterocycles. The van der Waals surface area contributed by atoms with Gasteiger partial charge in [0.05, 0.1) is 12.0 Å². The number of hydrogen-bond donors (Lipinski definition) is 1. The average molecular weight is 334 g/mol. The molecule has 1 fully saturated rings. The van der Waals surface area contributed by atoms with Crippen molar-refractivity contribution in [3.63, 3.8) is 0 Å². The standard InChI is InChI=1S/C10H18N6O3S2/c1-14-9(11)12-13-10(14)20-7-8(17)15-3-5-16(6-4-15)21(2,18)19/h3-7H2,1-2H3,(H2,11,12). The second-order valence-electron chi connectivity index (χ2n) is 4.73. The van der Waals surface area contributed by atoms with Crippen molar-refractivity contribution in [1.82, 2.24) is 24.0 Å². The zero-order valence-corrected chi connectivity index (χ0v) is 13.5. The summed E-state index contributed by atoms with van der Waals surface area (Å²) in [6.07, 6.45) is 1.18. The van der Waals surface area contributed by atoms with Crippen LogP contribution in [0.4, 0.5) is 5.95 Å². The zero-order chi connectivity index (χ0) is 15.6. The molecule has 1 aromatic heterocycles. The van der Waals surface area contributed by atoms with Crippen LogP contribution in [0.25, 0.3) is 0 Å². The minimum absolute atomic E-state index is 0.0466. The van der Waals surface area contributed by atoms with Gasteiger partial charge in [-0.3, -0.25) is 9.36 Å². The first kappa shape index (κ1) is 16.0. The Morgan fingerprint density at radius 2 is 1.90 bits per heavy atom. The van der Waals surface area contributed by atoms with Gasteiger partial charge in [-0.25, -0.2) is 8.42 Å². The summed E-state index contributed by atoms with van der Waals surface area (Å²) in [4.78, 5) is 13.8. The number of carbonyl (C=O) groups is 1. The molecule has 0 aromatic carbocycles. The molecule has 0 radical (unpaired) electrons. The third-order valence-corrected chi connectivity index (χ3v) is 5.56. The zero-order valence-electron chi connectivity index (χ0n) is 11.9. The van der Waals surface area contributed by atoms with E-state index in [0.29, 0.717) is 37.3 Å². The average Bonchev–Trinajstić information content (AvgIpc) is 2.75. The third-order valence-electron chi connectivity index (χ3n) is 3.25. The molecule has 0 unspecified atom stereocenters. The van der Waals surface area contributed by atoms with E-state index in [1.807, 2.05) is 0 Å². The van der Waals surface area contributed by atoms with Gasteiger partial charge in [-0.15, -0.1) is 10.2 Å². The van der Waals surface area contributed by atoms with Crippen LogP contribution in [0.5, 0.6) is 0 Å². The monoisotopic (exact) mass is 334 g/mol. The molecule has 118 valence electrons. The fourth-order valence-electron chi connectivity index (χ4n) is 1.94. The van der Waals surface area contributed by atoms with E-state index in [1.165, 1.54) is 22.3 Å². The highest BCUT2D eigenvalue weighted by molar-refractivity contribution is 7.99. The first-order chi connectivity index (χ1) is 9.79. The maximum absolute atomic E-state index is 12.1. The number of piperazine rings is 1. The number of amides is 1. The topological polar surface area (TPSA) is 114 Å². The molecule has 1 aromatic rings. The molecule has 0 saturated carbocycles. The number of sulfonamides is 1. The van der Waals surface area contributed by atoms with Crippen LogP contribution in [0.3, 0.4) is 0 Å². The fourth-order valence-corrected chi connectivity index (χ4v) is 3.59. The minimum atomic E-state index is -3.18. The van der Waals surface area contributed by atoms with Crippen LogP contribution < -0.4 is 5.73 Å². The molecule has 1 aliphatic heterocycles. The second-order valence-corrected chi connectivity index (χ2v) is 7.66. The predicted molar refractivity (Wildman–Crippen MR) is 79.1 cm³/mol. The van der Waals surface area contributed by atoms with Gasteiger partial charge in [0, 0.05) is 33.2 Å². The number of hydrogen-bond acceptors (Lipinski definition) is 7. The lowest BCUT2D eigenvalue weighted by molar-refractivity contribution is -0.129. The molecule has 2 heterocycles. The van der Waals surface area contributed by atoms with Crippen molar-refractivity contribution in [3.8, 4) is 0 Å². The van der Waals surface area contributed by atoms with Gasteiger partial charge in [0.15, 0.2) is 5.16 Å². The number of aromatic nitrogens is 3. The number of rotatable bonds is 4. The lowest BCUT2D eigenvalue weighted by atomic mass is 10.3. The normalized spacial score (nSPS) is 17.1. The summed E-state index contributed by atoms with van der Waals surface area (Å²) in [5, 5.41) is 8.16. The molecule has 9 nitrogen and oxygen atoms in total. The minimum Gasteiger partial charge on any atom is -0.368 e. The largest absolute Gasteiger partial charge is 0.368 e. The van der Waals surface area contributed by atoms with Crippen LogP contribution in [0, 0.1) is 0 Å². The molecular formula is C10H18N6O3S2. The summed E-state index contributed by atoms with van der Waals surface area (Å²) >= 11 is 1.26. The Bertz CT molecular complexity index is 621. The van der Waals surface area contributed by atoms with Crippen molar-refractivity contribution < 1.29 is 13.2 Å². The van der Waals surface area contributed by atoms with E-state index in [-0.39, 0.29) is 11.7 Å². The van der Waals surface area contributed by atoms with Crippen LogP contribution in [0.1, 0.15) is 0 Å². The van der Waals surface area contributed by atoms with Gasteiger partial charge in [-0.2, -0.15) is 4.31 Å². The lowest BCUT2D eigenvalue weighted by Crippen LogP contribution is -2.50. The van der Waals surface area contributed by atoms with Gasteiger partial charge in [0.2, 0.25) is 21.9 Å². The van der Waals surface area contributed by atoms with Gasteiger partial charge < -0.3 is 10.6 Å². The van der Waals surface area contributed by atoms with E-state index < -0.39 is 10.0 Å². The molecule has 1 amide bonds. The van der Waals surface area contributed by atoms with Crippen molar-refractivity contribution in [2.24, 2.45) is 7.05 Å². The summed E-state index contributed by atoms with van der Waals surface area (Å²) in [5.74, 6) is 0.478. The Morgan fingerprint density at radius 1 is 1.29 bits per heavy atom. The van der Waals surface area contributed by atoms with Crippen LogP contribution in [0.2, 0.25) is 0 Å². The van der Waals surface area contributed by atoms with E-state index in [9.17, 15) is 13.2 Å². The highest BCUT2D eigenvalue weighted by Crippen LogP contribution is 2.17. The van der Waals surface area contributed by atoms with Crippen LogP contribution >= 0.6 is 11.8 Å². The molecule has 2 rings (SSSR count). The first-order valence-corrected chi connectivity index (χ1v) is 9.13. The van der Waals surface area contributed by atoms with Crippen molar-refractivity contribution >= 4 is 33.6 Å². The predicted octanol–water partition coefficient (Wildman–Crippen LogP) is -1.41. The molecule has 2 N–H and O–H groups in total. The first-order valence-electron chi connectivity index (χ1n) is 6.29. The van der Waals surface area contributed by atoms with Gasteiger partial charge in [-0.1, -0.05) is 11.8 Å². The number of anilines is 1. The number of nitrogen functional groups attached to an aromatic ring is 1. The van der Waals surface area contributed by atoms with Crippen molar-refractivity contribution in [3.05, 3.63) is 0 Å². The molecule has 21 heavy (non-hydrogen) atoms. The van der Waals surface area contributed by atoms with Crippen LogP contribution in [-0.2, 0) is 21.9 Å². The Labute approximate surface area is 127 Å². The summed E-state index contributed by atoms with van der Waals surface area (Å²) in [6, 6.07) is 0. The molecule has 1 aliphatic rings. The Balaban J connectivity index is 1.84. The van der Waals surface area contributed by atoms with Gasteiger partial charge in [0.25, 0.3) is 0 Å². The maximum Gasteiger partial charge on any atom is 0.233 e. The van der Waals surface area contributed by atoms with Crippen molar-refractivity contribution in [2.75, 3.05) is 43.9 Å². The number of nitrogens with zero attached hydrogens (tertiary/aromatic N) is 5. The van der Waals surface area contributed by atoms with E-state index in [2.05, 4.69) is 10.2 Å². The van der Waals surface area contributed by atoms with Gasteiger partial charge in [-0.05, 0) is 0 Å². The lowest BCUT2D eigenvalue weighted by Gasteiger charge is -2.33. The fraction of sp³-hybridized carbons (Fsp3) is 0.700. The smallest absolute Gasteiger partial charge is 0.233 e. The van der Waals surface area contributed by atoms with Crippen molar-refractivity contribution in [1.29, 1.82) is 0 Å². The van der Waals surface area contributed by atoms with Gasteiger partial charge in [0.1, 0.15) is 0 Å². The number of nitrogens with two attached hydrogens (primary N) is 1. The quantitative estimate of drug-likeness (QED) is 0.673. The van der Waals surface area contributed by atoms with Crippen LogP contribution in [-0.4, -0.2) is 76.5 Å². The summed E-state index contributed by atoms with van der Waals surface area (Å²) in [7, 11) is -1.45. The van der Waals surface area contributed by atoms with Gasteiger partial charge >= 0.3 is 0 Å². The molecule has 0 spiro atoms. The van der Waals surface area contributed by atoms with E-state index in [1.54, 1.807) is 16.5 Å².